The van der Waals surface area contributed by atoms with Crippen molar-refractivity contribution in [3.63, 3.8) is 0 Å². The third-order valence-electron chi connectivity index (χ3n) is 4.79. The van der Waals surface area contributed by atoms with Gasteiger partial charge in [-0.3, -0.25) is 4.98 Å². The molecule has 0 atom stereocenters. The van der Waals surface area contributed by atoms with Gasteiger partial charge in [-0.25, -0.2) is 14.2 Å². The van der Waals surface area contributed by atoms with E-state index in [1.54, 1.807) is 24.5 Å². The molecule has 2 amide bonds. The number of halogens is 1. The summed E-state index contributed by atoms with van der Waals surface area (Å²) in [5.74, 6) is 2.53. The second-order valence-corrected chi connectivity index (χ2v) is 8.06. The quantitative estimate of drug-likeness (QED) is 0.610. The van der Waals surface area contributed by atoms with Crippen LogP contribution in [0.1, 0.15) is 0 Å². The van der Waals surface area contributed by atoms with E-state index in [-0.39, 0.29) is 5.75 Å². The Morgan fingerprint density at radius 3 is 2.55 bits per heavy atom. The van der Waals surface area contributed by atoms with E-state index in [0.717, 1.165) is 41.7 Å². The monoisotopic (exact) mass is 439 g/mol. The Bertz CT molecular complexity index is 1080. The number of urea groups is 1. The molecule has 31 heavy (non-hydrogen) atoms. The van der Waals surface area contributed by atoms with Gasteiger partial charge < -0.3 is 20.3 Å². The summed E-state index contributed by atoms with van der Waals surface area (Å²) in [6.07, 6.45) is 3.37. The highest BCUT2D eigenvalue weighted by Gasteiger charge is 2.18. The van der Waals surface area contributed by atoms with Gasteiger partial charge in [-0.05, 0) is 24.3 Å². The van der Waals surface area contributed by atoms with Crippen molar-refractivity contribution in [2.45, 2.75) is 0 Å². The molecule has 0 bridgehead atoms. The van der Waals surface area contributed by atoms with E-state index in [0.29, 0.717) is 11.4 Å². The molecule has 0 saturated carbocycles. The number of amides is 2. The number of carbonyl (C=O) groups is 1. The van der Waals surface area contributed by atoms with Crippen molar-refractivity contribution < 1.29 is 13.9 Å². The second kappa shape index (κ2) is 9.65. The van der Waals surface area contributed by atoms with Gasteiger partial charge in [-0.15, -0.1) is 0 Å². The number of rotatable bonds is 5. The maximum atomic E-state index is 13.8. The molecule has 1 fully saturated rings. The SMILES string of the molecule is COc1ccc(NC(=O)Nc2cccc(-c3nccnc3N3CCSCC3)c2)cc1F. The minimum absolute atomic E-state index is 0.116. The minimum Gasteiger partial charge on any atom is -0.494 e. The highest BCUT2D eigenvalue weighted by Crippen LogP contribution is 2.30. The average Bonchev–Trinajstić information content (AvgIpc) is 2.80. The number of hydrogen-bond acceptors (Lipinski definition) is 6. The van der Waals surface area contributed by atoms with Crippen molar-refractivity contribution in [3.05, 3.63) is 60.7 Å². The van der Waals surface area contributed by atoms with Gasteiger partial charge in [0.1, 0.15) is 5.69 Å². The standard InChI is InChI=1S/C22H22FN5O2S/c1-30-19-6-5-17(14-18(19)23)27-22(29)26-16-4-2-3-15(13-16)20-21(25-8-7-24-20)28-9-11-31-12-10-28/h2-8,13-14H,9-12H2,1H3,(H2,26,27,29). The lowest BCUT2D eigenvalue weighted by Gasteiger charge is -2.28. The first-order valence-electron chi connectivity index (χ1n) is 9.80. The minimum atomic E-state index is -0.548. The van der Waals surface area contributed by atoms with Crippen molar-refractivity contribution in [2.24, 2.45) is 0 Å². The van der Waals surface area contributed by atoms with E-state index < -0.39 is 11.8 Å². The molecule has 0 spiro atoms. The zero-order valence-corrected chi connectivity index (χ0v) is 17.8. The van der Waals surface area contributed by atoms with E-state index in [4.69, 9.17) is 4.74 Å². The molecular weight excluding hydrogens is 417 g/mol. The number of nitrogens with one attached hydrogen (secondary N) is 2. The smallest absolute Gasteiger partial charge is 0.323 e. The van der Waals surface area contributed by atoms with E-state index in [1.807, 2.05) is 30.0 Å². The Labute approximate surface area is 184 Å². The van der Waals surface area contributed by atoms with Crippen molar-refractivity contribution in [1.29, 1.82) is 0 Å². The van der Waals surface area contributed by atoms with Gasteiger partial charge in [-0.1, -0.05) is 12.1 Å². The predicted octanol–water partition coefficient (Wildman–Crippen LogP) is 4.49. The Morgan fingerprint density at radius 2 is 1.81 bits per heavy atom. The number of carbonyl (C=O) groups excluding carboxylic acids is 1. The lowest BCUT2D eigenvalue weighted by molar-refractivity contribution is 0.262. The number of hydrogen-bond donors (Lipinski definition) is 2. The summed E-state index contributed by atoms with van der Waals surface area (Å²) in [5, 5.41) is 5.40. The van der Waals surface area contributed by atoms with Crippen LogP contribution in [0, 0.1) is 5.82 Å². The Hall–Kier alpha value is -3.33. The topological polar surface area (TPSA) is 79.4 Å². The molecular formula is C22H22FN5O2S. The second-order valence-electron chi connectivity index (χ2n) is 6.84. The van der Waals surface area contributed by atoms with Crippen LogP contribution < -0.4 is 20.3 Å². The number of ether oxygens (including phenoxy) is 1. The van der Waals surface area contributed by atoms with Gasteiger partial charge in [0.15, 0.2) is 17.4 Å². The van der Waals surface area contributed by atoms with Crippen molar-refractivity contribution in [2.75, 3.05) is 47.2 Å². The van der Waals surface area contributed by atoms with E-state index in [1.165, 1.54) is 19.2 Å². The molecule has 160 valence electrons. The number of methoxy groups -OCH3 is 1. The molecule has 3 aromatic rings. The number of nitrogens with zero attached hydrogens (tertiary/aromatic N) is 3. The summed E-state index contributed by atoms with van der Waals surface area (Å²) in [4.78, 5) is 23.7. The fourth-order valence-electron chi connectivity index (χ4n) is 3.32. The fraction of sp³-hybridized carbons (Fsp3) is 0.227. The molecule has 0 unspecified atom stereocenters. The first kappa shape index (κ1) is 20.9. The summed E-state index contributed by atoms with van der Waals surface area (Å²) in [5.41, 5.74) is 2.55. The number of anilines is 3. The van der Waals surface area contributed by atoms with Gasteiger partial charge in [0.25, 0.3) is 0 Å². The van der Waals surface area contributed by atoms with Crippen molar-refractivity contribution in [1.82, 2.24) is 9.97 Å². The average molecular weight is 440 g/mol. The van der Waals surface area contributed by atoms with Gasteiger partial charge in [0.2, 0.25) is 0 Å². The van der Waals surface area contributed by atoms with Crippen LogP contribution in [0.25, 0.3) is 11.3 Å². The van der Waals surface area contributed by atoms with Crippen molar-refractivity contribution in [3.8, 4) is 17.0 Å². The molecule has 7 nitrogen and oxygen atoms in total. The normalized spacial score (nSPS) is 13.5. The van der Waals surface area contributed by atoms with Gasteiger partial charge in [0, 0.05) is 60.0 Å². The highest BCUT2D eigenvalue weighted by atomic mass is 32.2. The largest absolute Gasteiger partial charge is 0.494 e. The van der Waals surface area contributed by atoms with Crippen LogP contribution >= 0.6 is 11.8 Å². The van der Waals surface area contributed by atoms with Crippen LogP contribution in [0.15, 0.2) is 54.9 Å². The van der Waals surface area contributed by atoms with Gasteiger partial charge in [0.05, 0.1) is 7.11 Å². The van der Waals surface area contributed by atoms with Crippen LogP contribution in [0.3, 0.4) is 0 Å². The lowest BCUT2D eigenvalue weighted by atomic mass is 10.1. The maximum absolute atomic E-state index is 13.8. The molecule has 1 aromatic heterocycles. The first-order valence-corrected chi connectivity index (χ1v) is 10.9. The van der Waals surface area contributed by atoms with Crippen molar-refractivity contribution >= 4 is 35.0 Å². The highest BCUT2D eigenvalue weighted by molar-refractivity contribution is 7.99. The molecule has 1 aliphatic heterocycles. The third kappa shape index (κ3) is 5.05. The number of aromatic nitrogens is 2. The maximum Gasteiger partial charge on any atom is 0.323 e. The number of benzene rings is 2. The lowest BCUT2D eigenvalue weighted by Crippen LogP contribution is -2.33. The molecule has 4 rings (SSSR count). The summed E-state index contributed by atoms with van der Waals surface area (Å²) < 4.78 is 18.7. The van der Waals surface area contributed by atoms with E-state index in [2.05, 4.69) is 25.5 Å². The molecule has 0 aliphatic carbocycles. The van der Waals surface area contributed by atoms with Crippen LogP contribution in [-0.2, 0) is 0 Å². The molecule has 1 saturated heterocycles. The van der Waals surface area contributed by atoms with Gasteiger partial charge >= 0.3 is 6.03 Å². The molecule has 2 N–H and O–H groups in total. The third-order valence-corrected chi connectivity index (χ3v) is 5.74. The predicted molar refractivity (Wildman–Crippen MR) is 123 cm³/mol. The Morgan fingerprint density at radius 1 is 1.06 bits per heavy atom. The first-order chi connectivity index (χ1) is 15.1. The van der Waals surface area contributed by atoms with Crippen LogP contribution in [0.5, 0.6) is 5.75 Å². The molecule has 2 heterocycles. The zero-order chi connectivity index (χ0) is 21.6. The zero-order valence-electron chi connectivity index (χ0n) is 17.0. The van der Waals surface area contributed by atoms with Crippen LogP contribution in [-0.4, -0.2) is 47.7 Å². The summed E-state index contributed by atoms with van der Waals surface area (Å²) in [7, 11) is 1.39. The molecule has 1 aliphatic rings. The molecule has 0 radical (unpaired) electrons. The fourth-order valence-corrected chi connectivity index (χ4v) is 4.23. The molecule has 2 aromatic carbocycles. The number of thioether (sulfide) groups is 1. The molecule has 9 heteroatoms. The van der Waals surface area contributed by atoms with Crippen LogP contribution in [0.4, 0.5) is 26.4 Å². The Balaban J connectivity index is 1.50. The summed E-state index contributed by atoms with van der Waals surface area (Å²) >= 11 is 1.93. The van der Waals surface area contributed by atoms with E-state index >= 15 is 0 Å². The van der Waals surface area contributed by atoms with Crippen LogP contribution in [0.2, 0.25) is 0 Å². The van der Waals surface area contributed by atoms with E-state index in [9.17, 15) is 9.18 Å². The van der Waals surface area contributed by atoms with Gasteiger partial charge in [-0.2, -0.15) is 11.8 Å². The Kier molecular flexibility index (Phi) is 6.51. The summed E-state index contributed by atoms with van der Waals surface area (Å²) in [6.45, 7) is 1.85. The summed E-state index contributed by atoms with van der Waals surface area (Å²) in [6, 6.07) is 11.2.